The van der Waals surface area contributed by atoms with Crippen molar-refractivity contribution < 1.29 is 14.1 Å². The Morgan fingerprint density at radius 1 is 0.909 bits per heavy atom. The van der Waals surface area contributed by atoms with Crippen molar-refractivity contribution >= 4 is 11.6 Å². The van der Waals surface area contributed by atoms with Crippen molar-refractivity contribution in [1.29, 1.82) is 0 Å². The second-order valence-electron chi connectivity index (χ2n) is 7.82. The van der Waals surface area contributed by atoms with Gasteiger partial charge in [0.25, 0.3) is 11.8 Å². The summed E-state index contributed by atoms with van der Waals surface area (Å²) >= 11 is 0. The number of carbonyl (C=O) groups is 1. The summed E-state index contributed by atoms with van der Waals surface area (Å²) < 4.78 is 10.9. The Hall–Kier alpha value is -4.13. The van der Waals surface area contributed by atoms with Gasteiger partial charge in [0.2, 0.25) is 5.82 Å². The Balaban J connectivity index is 1.33. The molecule has 0 radical (unpaired) electrons. The predicted molar refractivity (Wildman–Crippen MR) is 126 cm³/mol. The van der Waals surface area contributed by atoms with E-state index in [9.17, 15) is 4.79 Å². The Bertz CT molecular complexity index is 1250. The zero-order valence-electron chi connectivity index (χ0n) is 18.3. The summed E-state index contributed by atoms with van der Waals surface area (Å²) in [6, 6.07) is 25.0. The maximum Gasteiger partial charge on any atom is 0.259 e. The van der Waals surface area contributed by atoms with Gasteiger partial charge in [0.05, 0.1) is 18.2 Å². The molecule has 0 saturated carbocycles. The number of anilines is 1. The average molecular weight is 441 g/mol. The standard InChI is InChI=1S/C26H24N4O3/c1-32-21-11-7-10-20(18-21)29-14-16-30(17-15-29)26(31)23-13-6-5-12-22(23)25-27-24(28-33-25)19-8-3-2-4-9-19/h2-13,18H,14-17H2,1H3. The lowest BCUT2D eigenvalue weighted by Crippen LogP contribution is -2.48. The highest BCUT2D eigenvalue weighted by Gasteiger charge is 2.26. The molecule has 2 heterocycles. The molecule has 1 fully saturated rings. The van der Waals surface area contributed by atoms with Crippen molar-refractivity contribution in [1.82, 2.24) is 15.0 Å². The monoisotopic (exact) mass is 440 g/mol. The lowest BCUT2D eigenvalue weighted by Gasteiger charge is -2.36. The first kappa shape index (κ1) is 20.8. The van der Waals surface area contributed by atoms with E-state index in [0.717, 1.165) is 30.1 Å². The van der Waals surface area contributed by atoms with Crippen LogP contribution in [-0.4, -0.2) is 54.2 Å². The van der Waals surface area contributed by atoms with Gasteiger partial charge < -0.3 is 19.1 Å². The van der Waals surface area contributed by atoms with Gasteiger partial charge in [-0.25, -0.2) is 0 Å². The van der Waals surface area contributed by atoms with E-state index in [1.807, 2.05) is 77.7 Å². The summed E-state index contributed by atoms with van der Waals surface area (Å²) in [5, 5.41) is 4.11. The van der Waals surface area contributed by atoms with E-state index in [1.165, 1.54) is 0 Å². The lowest BCUT2D eigenvalue weighted by atomic mass is 10.1. The highest BCUT2D eigenvalue weighted by atomic mass is 16.5. The van der Waals surface area contributed by atoms with Gasteiger partial charge in [0.1, 0.15) is 5.75 Å². The molecule has 1 aromatic heterocycles. The van der Waals surface area contributed by atoms with Crippen LogP contribution in [-0.2, 0) is 0 Å². The number of piperazine rings is 1. The molecule has 0 bridgehead atoms. The summed E-state index contributed by atoms with van der Waals surface area (Å²) in [5.41, 5.74) is 3.18. The fourth-order valence-corrected chi connectivity index (χ4v) is 4.04. The zero-order valence-corrected chi connectivity index (χ0v) is 18.3. The van der Waals surface area contributed by atoms with Crippen LogP contribution >= 0.6 is 0 Å². The molecule has 5 rings (SSSR count). The Labute approximate surface area is 192 Å². The van der Waals surface area contributed by atoms with Gasteiger partial charge in [-0.05, 0) is 24.3 Å². The van der Waals surface area contributed by atoms with E-state index in [1.54, 1.807) is 7.11 Å². The number of hydrogen-bond acceptors (Lipinski definition) is 6. The zero-order chi connectivity index (χ0) is 22.6. The van der Waals surface area contributed by atoms with Crippen LogP contribution in [0.15, 0.2) is 83.4 Å². The first-order chi connectivity index (χ1) is 16.2. The number of nitrogens with zero attached hydrogens (tertiary/aromatic N) is 4. The highest BCUT2D eigenvalue weighted by molar-refractivity contribution is 6.00. The molecular formula is C26H24N4O3. The molecule has 0 atom stereocenters. The maximum atomic E-state index is 13.4. The third-order valence-electron chi connectivity index (χ3n) is 5.83. The van der Waals surface area contributed by atoms with E-state index in [2.05, 4.69) is 21.1 Å². The van der Waals surface area contributed by atoms with Crippen LogP contribution in [0.3, 0.4) is 0 Å². The van der Waals surface area contributed by atoms with Crippen LogP contribution in [0.25, 0.3) is 22.8 Å². The number of methoxy groups -OCH3 is 1. The SMILES string of the molecule is COc1cccc(N2CCN(C(=O)c3ccccc3-c3nc(-c4ccccc4)no3)CC2)c1. The molecule has 0 aliphatic carbocycles. The normalized spacial score (nSPS) is 13.7. The molecule has 0 N–H and O–H groups in total. The van der Waals surface area contributed by atoms with Gasteiger partial charge in [-0.2, -0.15) is 4.98 Å². The number of benzene rings is 3. The van der Waals surface area contributed by atoms with Crippen LogP contribution in [0.1, 0.15) is 10.4 Å². The van der Waals surface area contributed by atoms with E-state index in [0.29, 0.717) is 35.9 Å². The molecule has 1 aliphatic heterocycles. The fourth-order valence-electron chi connectivity index (χ4n) is 4.04. The van der Waals surface area contributed by atoms with Crippen LogP contribution in [0.5, 0.6) is 5.75 Å². The summed E-state index contributed by atoms with van der Waals surface area (Å²) in [6.45, 7) is 2.76. The van der Waals surface area contributed by atoms with Crippen LogP contribution in [0.2, 0.25) is 0 Å². The molecule has 7 nitrogen and oxygen atoms in total. The number of ether oxygens (including phenoxy) is 1. The van der Waals surface area contributed by atoms with Gasteiger partial charge >= 0.3 is 0 Å². The second-order valence-corrected chi connectivity index (χ2v) is 7.82. The molecule has 33 heavy (non-hydrogen) atoms. The van der Waals surface area contributed by atoms with Gasteiger partial charge in [-0.15, -0.1) is 0 Å². The minimum Gasteiger partial charge on any atom is -0.497 e. The summed E-state index contributed by atoms with van der Waals surface area (Å²) in [5.74, 6) is 1.64. The van der Waals surface area contributed by atoms with Crippen LogP contribution < -0.4 is 9.64 Å². The first-order valence-electron chi connectivity index (χ1n) is 10.9. The smallest absolute Gasteiger partial charge is 0.259 e. The number of carbonyl (C=O) groups excluding carboxylic acids is 1. The molecule has 166 valence electrons. The topological polar surface area (TPSA) is 71.7 Å². The lowest BCUT2D eigenvalue weighted by molar-refractivity contribution is 0.0747. The Kier molecular flexibility index (Phi) is 5.76. The van der Waals surface area contributed by atoms with Crippen LogP contribution in [0.4, 0.5) is 5.69 Å². The van der Waals surface area contributed by atoms with Crippen molar-refractivity contribution in [3.05, 3.63) is 84.4 Å². The van der Waals surface area contributed by atoms with E-state index in [-0.39, 0.29) is 5.91 Å². The molecule has 1 saturated heterocycles. The number of amides is 1. The van der Waals surface area contributed by atoms with Crippen molar-refractivity contribution in [2.24, 2.45) is 0 Å². The van der Waals surface area contributed by atoms with Crippen molar-refractivity contribution in [2.45, 2.75) is 0 Å². The van der Waals surface area contributed by atoms with E-state index < -0.39 is 0 Å². The predicted octanol–water partition coefficient (Wildman–Crippen LogP) is 4.37. The molecule has 7 heteroatoms. The third kappa shape index (κ3) is 4.30. The number of hydrogen-bond donors (Lipinski definition) is 0. The minimum absolute atomic E-state index is 0.0321. The second kappa shape index (κ2) is 9.16. The Morgan fingerprint density at radius 2 is 1.67 bits per heavy atom. The van der Waals surface area contributed by atoms with Gasteiger partial charge in [0, 0.05) is 43.5 Å². The maximum absolute atomic E-state index is 13.4. The minimum atomic E-state index is -0.0321. The quantitative estimate of drug-likeness (QED) is 0.459. The highest BCUT2D eigenvalue weighted by Crippen LogP contribution is 2.27. The van der Waals surface area contributed by atoms with E-state index >= 15 is 0 Å². The summed E-state index contributed by atoms with van der Waals surface area (Å²) in [6.07, 6.45) is 0. The molecule has 4 aromatic rings. The molecule has 0 unspecified atom stereocenters. The van der Waals surface area contributed by atoms with Gasteiger partial charge in [-0.3, -0.25) is 4.79 Å². The van der Waals surface area contributed by atoms with Gasteiger partial charge in [-0.1, -0.05) is 53.7 Å². The fraction of sp³-hybridized carbons (Fsp3) is 0.192. The molecule has 3 aromatic carbocycles. The Morgan fingerprint density at radius 3 is 2.45 bits per heavy atom. The largest absolute Gasteiger partial charge is 0.497 e. The van der Waals surface area contributed by atoms with E-state index in [4.69, 9.17) is 9.26 Å². The van der Waals surface area contributed by atoms with Gasteiger partial charge in [0.15, 0.2) is 0 Å². The van der Waals surface area contributed by atoms with Crippen molar-refractivity contribution in [3.8, 4) is 28.6 Å². The summed E-state index contributed by atoms with van der Waals surface area (Å²) in [7, 11) is 1.67. The third-order valence-corrected chi connectivity index (χ3v) is 5.83. The molecule has 1 amide bonds. The average Bonchev–Trinajstić information content (AvgIpc) is 3.39. The molecule has 1 aliphatic rings. The first-order valence-corrected chi connectivity index (χ1v) is 10.9. The molecular weight excluding hydrogens is 416 g/mol. The van der Waals surface area contributed by atoms with Crippen LogP contribution in [0, 0.1) is 0 Å². The van der Waals surface area contributed by atoms with Crippen molar-refractivity contribution in [3.63, 3.8) is 0 Å². The molecule has 0 spiro atoms. The number of rotatable bonds is 5. The van der Waals surface area contributed by atoms with Crippen molar-refractivity contribution in [2.75, 3.05) is 38.2 Å². The number of aromatic nitrogens is 2. The summed E-state index contributed by atoms with van der Waals surface area (Å²) in [4.78, 5) is 22.1.